The molecule has 3 aromatic carbocycles. The molecule has 8 nitrogen and oxygen atoms in total. The monoisotopic (exact) mass is 483 g/mol. The minimum absolute atomic E-state index is 0.228. The quantitative estimate of drug-likeness (QED) is 0.402. The smallest absolute Gasteiger partial charge is 0.335 e. The number of ether oxygens (including phenoxy) is 1. The van der Waals surface area contributed by atoms with Gasteiger partial charge >= 0.3 is 6.03 Å². The number of carbonyl (C=O) groups is 4. The maximum Gasteiger partial charge on any atom is 0.335 e. The Balaban J connectivity index is 1.56. The van der Waals surface area contributed by atoms with Gasteiger partial charge in [0.2, 0.25) is 0 Å². The molecule has 8 heteroatoms. The topological polar surface area (TPSA) is 105 Å². The Labute approximate surface area is 208 Å². The van der Waals surface area contributed by atoms with E-state index in [4.69, 9.17) is 4.74 Å². The molecule has 1 aliphatic rings. The maximum atomic E-state index is 13.2. The zero-order valence-corrected chi connectivity index (χ0v) is 20.1. The number of benzene rings is 3. The molecule has 0 spiro atoms. The molecule has 0 bridgehead atoms. The Morgan fingerprint density at radius 3 is 2.39 bits per heavy atom. The molecule has 2 N–H and O–H groups in total. The molecule has 0 radical (unpaired) electrons. The summed E-state index contributed by atoms with van der Waals surface area (Å²) in [6.45, 7) is 5.40. The van der Waals surface area contributed by atoms with Crippen LogP contribution in [-0.2, 0) is 14.4 Å². The first-order valence-corrected chi connectivity index (χ1v) is 11.3. The Bertz CT molecular complexity index is 1410. The van der Waals surface area contributed by atoms with Crippen LogP contribution in [0, 0.1) is 20.8 Å². The third-order valence-corrected chi connectivity index (χ3v) is 5.85. The minimum atomic E-state index is -0.817. The number of carbonyl (C=O) groups excluding carboxylic acids is 4. The lowest BCUT2D eigenvalue weighted by Crippen LogP contribution is -2.54. The number of hydrogen-bond acceptors (Lipinski definition) is 5. The number of anilines is 2. The third kappa shape index (κ3) is 5.17. The van der Waals surface area contributed by atoms with E-state index < -0.39 is 17.8 Å². The van der Waals surface area contributed by atoms with Crippen LogP contribution in [0.5, 0.6) is 5.75 Å². The lowest BCUT2D eigenvalue weighted by molar-refractivity contribution is -0.122. The van der Waals surface area contributed by atoms with Crippen LogP contribution < -0.4 is 20.3 Å². The van der Waals surface area contributed by atoms with E-state index in [2.05, 4.69) is 10.6 Å². The van der Waals surface area contributed by atoms with Crippen molar-refractivity contribution in [1.82, 2.24) is 5.32 Å². The van der Waals surface area contributed by atoms with E-state index >= 15 is 0 Å². The molecular formula is C28H25N3O5. The number of hydrogen-bond donors (Lipinski definition) is 2. The Hall–Kier alpha value is -4.72. The van der Waals surface area contributed by atoms with Crippen LogP contribution in [-0.4, -0.2) is 30.4 Å². The number of aryl methyl sites for hydroxylation is 3. The van der Waals surface area contributed by atoms with E-state index in [-0.39, 0.29) is 18.1 Å². The maximum absolute atomic E-state index is 13.2. The van der Waals surface area contributed by atoms with Crippen molar-refractivity contribution in [1.29, 1.82) is 0 Å². The molecule has 0 aromatic heterocycles. The predicted octanol–water partition coefficient (Wildman–Crippen LogP) is 4.30. The summed E-state index contributed by atoms with van der Waals surface area (Å²) in [5.74, 6) is -1.61. The summed E-state index contributed by atoms with van der Waals surface area (Å²) in [5, 5.41) is 5.01. The van der Waals surface area contributed by atoms with Gasteiger partial charge in [0.1, 0.15) is 11.3 Å². The molecule has 5 amide bonds. The van der Waals surface area contributed by atoms with Crippen LogP contribution in [0.4, 0.5) is 16.2 Å². The number of nitrogens with zero attached hydrogens (tertiary/aromatic N) is 1. The highest BCUT2D eigenvalue weighted by atomic mass is 16.5. The highest BCUT2D eigenvalue weighted by molar-refractivity contribution is 6.39. The second-order valence-electron chi connectivity index (χ2n) is 8.42. The van der Waals surface area contributed by atoms with Crippen molar-refractivity contribution in [3.63, 3.8) is 0 Å². The van der Waals surface area contributed by atoms with Crippen molar-refractivity contribution in [2.45, 2.75) is 20.8 Å². The summed E-state index contributed by atoms with van der Waals surface area (Å²) in [7, 11) is 0. The van der Waals surface area contributed by atoms with E-state index in [1.807, 2.05) is 39.0 Å². The fourth-order valence-corrected chi connectivity index (χ4v) is 3.69. The Morgan fingerprint density at radius 1 is 0.917 bits per heavy atom. The van der Waals surface area contributed by atoms with Gasteiger partial charge in [-0.25, -0.2) is 9.69 Å². The first-order chi connectivity index (χ1) is 17.2. The first kappa shape index (κ1) is 24.4. The van der Waals surface area contributed by atoms with Gasteiger partial charge in [-0.05, 0) is 67.8 Å². The Kier molecular flexibility index (Phi) is 6.96. The average Bonchev–Trinajstić information content (AvgIpc) is 2.84. The summed E-state index contributed by atoms with van der Waals surface area (Å²) in [6, 6.07) is 18.4. The van der Waals surface area contributed by atoms with Crippen molar-refractivity contribution < 1.29 is 23.9 Å². The molecule has 4 rings (SSSR count). The highest BCUT2D eigenvalue weighted by Crippen LogP contribution is 2.26. The number of nitrogens with one attached hydrogen (secondary N) is 2. The van der Waals surface area contributed by atoms with Crippen LogP contribution in [0.1, 0.15) is 22.3 Å². The van der Waals surface area contributed by atoms with E-state index in [1.165, 1.54) is 6.08 Å². The van der Waals surface area contributed by atoms with Gasteiger partial charge in [-0.2, -0.15) is 0 Å². The number of amides is 5. The molecule has 0 unspecified atom stereocenters. The number of para-hydroxylation sites is 2. The molecule has 3 aromatic rings. The standard InChI is InChI=1S/C28H25N3O5/c1-17-12-13-21(14-19(17)3)31-27(34)22(26(33)30-28(31)35)15-20-9-5-7-11-24(20)36-16-25(32)29-23-10-6-4-8-18(23)2/h4-15H,16H2,1-3H3,(H,29,32)(H,30,33,35)/b22-15-. The third-order valence-electron chi connectivity index (χ3n) is 5.85. The summed E-state index contributed by atoms with van der Waals surface area (Å²) in [6.07, 6.45) is 1.35. The van der Waals surface area contributed by atoms with Gasteiger partial charge in [-0.1, -0.05) is 42.5 Å². The van der Waals surface area contributed by atoms with Crippen molar-refractivity contribution in [3.8, 4) is 5.75 Å². The van der Waals surface area contributed by atoms with Crippen LogP contribution in [0.15, 0.2) is 72.3 Å². The van der Waals surface area contributed by atoms with Crippen LogP contribution in [0.25, 0.3) is 6.08 Å². The summed E-state index contributed by atoms with van der Waals surface area (Å²) >= 11 is 0. The number of urea groups is 1. The van der Waals surface area contributed by atoms with Gasteiger partial charge in [0.15, 0.2) is 6.61 Å². The van der Waals surface area contributed by atoms with Gasteiger partial charge in [0.25, 0.3) is 17.7 Å². The average molecular weight is 484 g/mol. The minimum Gasteiger partial charge on any atom is -0.483 e. The van der Waals surface area contributed by atoms with Crippen LogP contribution >= 0.6 is 0 Å². The van der Waals surface area contributed by atoms with Crippen molar-refractivity contribution in [3.05, 3.63) is 94.6 Å². The predicted molar refractivity (Wildman–Crippen MR) is 137 cm³/mol. The SMILES string of the molecule is Cc1ccc(N2C(=O)NC(=O)/C(=C/c3ccccc3OCC(=O)Nc3ccccc3C)C2=O)cc1C. The molecule has 36 heavy (non-hydrogen) atoms. The fourth-order valence-electron chi connectivity index (χ4n) is 3.69. The van der Waals surface area contributed by atoms with Gasteiger partial charge in [0.05, 0.1) is 5.69 Å². The first-order valence-electron chi connectivity index (χ1n) is 11.3. The largest absolute Gasteiger partial charge is 0.483 e. The molecule has 0 saturated carbocycles. The molecule has 182 valence electrons. The molecule has 1 heterocycles. The number of rotatable bonds is 6. The second-order valence-corrected chi connectivity index (χ2v) is 8.42. The molecule has 0 atom stereocenters. The lowest BCUT2D eigenvalue weighted by Gasteiger charge is -2.27. The summed E-state index contributed by atoms with van der Waals surface area (Å²) in [4.78, 5) is 51.7. The van der Waals surface area contributed by atoms with Gasteiger partial charge in [-0.15, -0.1) is 0 Å². The van der Waals surface area contributed by atoms with Gasteiger partial charge in [-0.3, -0.25) is 19.7 Å². The van der Waals surface area contributed by atoms with Gasteiger partial charge in [0, 0.05) is 11.3 Å². The number of barbiturate groups is 1. The highest BCUT2D eigenvalue weighted by Gasteiger charge is 2.37. The second kappa shape index (κ2) is 10.3. The van der Waals surface area contributed by atoms with Crippen molar-refractivity contribution >= 4 is 41.2 Å². The molecule has 1 aliphatic heterocycles. The van der Waals surface area contributed by atoms with E-state index in [1.54, 1.807) is 48.5 Å². The molecule has 0 aliphatic carbocycles. The zero-order valence-electron chi connectivity index (χ0n) is 20.1. The van der Waals surface area contributed by atoms with E-state index in [9.17, 15) is 19.2 Å². The number of imide groups is 2. The normalized spacial score (nSPS) is 14.6. The lowest BCUT2D eigenvalue weighted by atomic mass is 10.0. The van der Waals surface area contributed by atoms with Gasteiger partial charge < -0.3 is 10.1 Å². The molecule has 1 fully saturated rings. The van der Waals surface area contributed by atoms with Crippen molar-refractivity contribution in [2.24, 2.45) is 0 Å². The van der Waals surface area contributed by atoms with Crippen LogP contribution in [0.3, 0.4) is 0 Å². The van der Waals surface area contributed by atoms with Crippen LogP contribution in [0.2, 0.25) is 0 Å². The van der Waals surface area contributed by atoms with E-state index in [0.29, 0.717) is 22.7 Å². The summed E-state index contributed by atoms with van der Waals surface area (Å²) in [5.41, 5.74) is 4.05. The molecule has 1 saturated heterocycles. The summed E-state index contributed by atoms with van der Waals surface area (Å²) < 4.78 is 5.70. The molecular weight excluding hydrogens is 458 g/mol. The fraction of sp³-hybridized carbons (Fsp3) is 0.143. The van der Waals surface area contributed by atoms with E-state index in [0.717, 1.165) is 21.6 Å². The zero-order chi connectivity index (χ0) is 25.8. The van der Waals surface area contributed by atoms with Crippen molar-refractivity contribution in [2.75, 3.05) is 16.8 Å². The Morgan fingerprint density at radius 2 is 1.64 bits per heavy atom.